The maximum absolute atomic E-state index is 13.0. The van der Waals surface area contributed by atoms with Crippen LogP contribution in [0.15, 0.2) is 97.1 Å². The summed E-state index contributed by atoms with van der Waals surface area (Å²) < 4.78 is 0. The SMILES string of the molecule is CC(=N)Nc1ccc([C@H](NC(=O)c2ccc(C(c3ccccc3)c3ccccc3)s2)C(=O)O)cc1. The molecule has 0 spiro atoms. The molecule has 4 N–H and O–H groups in total. The number of carbonyl (C=O) groups excluding carboxylic acids is 1. The maximum Gasteiger partial charge on any atom is 0.330 e. The molecule has 4 aromatic rings. The average molecular weight is 484 g/mol. The predicted octanol–water partition coefficient (Wildman–Crippen LogP) is 5.89. The Morgan fingerprint density at radius 3 is 1.89 bits per heavy atom. The molecule has 3 aromatic carbocycles. The van der Waals surface area contributed by atoms with Gasteiger partial charge in [0.15, 0.2) is 6.04 Å². The molecule has 0 aliphatic rings. The van der Waals surface area contributed by atoms with Crippen molar-refractivity contribution in [2.24, 2.45) is 0 Å². The summed E-state index contributed by atoms with van der Waals surface area (Å²) in [6.07, 6.45) is 0. The molecule has 6 nitrogen and oxygen atoms in total. The van der Waals surface area contributed by atoms with Crippen molar-refractivity contribution in [3.8, 4) is 0 Å². The Kier molecular flexibility index (Phi) is 7.38. The van der Waals surface area contributed by atoms with Crippen molar-refractivity contribution in [2.45, 2.75) is 18.9 Å². The van der Waals surface area contributed by atoms with Crippen molar-refractivity contribution in [3.63, 3.8) is 0 Å². The van der Waals surface area contributed by atoms with Gasteiger partial charge in [-0.2, -0.15) is 0 Å². The largest absolute Gasteiger partial charge is 0.479 e. The minimum atomic E-state index is -1.19. The number of benzene rings is 3. The van der Waals surface area contributed by atoms with Gasteiger partial charge in [0.25, 0.3) is 5.91 Å². The number of thiophene rings is 1. The summed E-state index contributed by atoms with van der Waals surface area (Å²) >= 11 is 1.36. The number of carboxylic acid groups (broad SMARTS) is 1. The van der Waals surface area contributed by atoms with Gasteiger partial charge >= 0.3 is 5.97 Å². The summed E-state index contributed by atoms with van der Waals surface area (Å²) in [7, 11) is 0. The van der Waals surface area contributed by atoms with E-state index in [1.807, 2.05) is 42.5 Å². The van der Waals surface area contributed by atoms with Crippen LogP contribution in [-0.4, -0.2) is 22.8 Å². The smallest absolute Gasteiger partial charge is 0.330 e. The fourth-order valence-corrected chi connectivity index (χ4v) is 4.97. The molecule has 0 aliphatic carbocycles. The highest BCUT2D eigenvalue weighted by Gasteiger charge is 2.25. The molecular weight excluding hydrogens is 458 g/mol. The first kappa shape index (κ1) is 23.9. The fourth-order valence-electron chi connectivity index (χ4n) is 3.91. The molecule has 1 heterocycles. The highest BCUT2D eigenvalue weighted by molar-refractivity contribution is 7.14. The molecule has 176 valence electrons. The Bertz CT molecular complexity index is 1280. The van der Waals surface area contributed by atoms with Crippen molar-refractivity contribution >= 4 is 34.7 Å². The minimum absolute atomic E-state index is 0.0310. The van der Waals surface area contributed by atoms with E-state index in [4.69, 9.17) is 5.41 Å². The second-order valence-electron chi connectivity index (χ2n) is 8.07. The normalized spacial score (nSPS) is 11.6. The molecule has 35 heavy (non-hydrogen) atoms. The van der Waals surface area contributed by atoms with E-state index >= 15 is 0 Å². The summed E-state index contributed by atoms with van der Waals surface area (Å²) in [5.74, 6) is -1.34. The van der Waals surface area contributed by atoms with Crippen LogP contribution in [0.1, 0.15) is 50.1 Å². The molecule has 1 amide bonds. The standard InChI is InChI=1S/C28H25N3O3S/c1-18(29)30-22-14-12-21(13-15-22)26(28(33)34)31-27(32)24-17-16-23(35-24)25(19-8-4-2-5-9-19)20-10-6-3-7-11-20/h2-17,25-26H,1H3,(H2,29,30)(H,31,32)(H,33,34)/t26-/m0/s1. The summed E-state index contributed by atoms with van der Waals surface area (Å²) in [6.45, 7) is 1.61. The zero-order valence-corrected chi connectivity index (χ0v) is 19.9. The molecule has 0 bridgehead atoms. The topological polar surface area (TPSA) is 102 Å². The van der Waals surface area contributed by atoms with Crippen molar-refractivity contribution in [3.05, 3.63) is 124 Å². The van der Waals surface area contributed by atoms with E-state index in [0.29, 0.717) is 16.1 Å². The number of rotatable bonds is 8. The number of carbonyl (C=O) groups is 2. The predicted molar refractivity (Wildman–Crippen MR) is 139 cm³/mol. The third-order valence-electron chi connectivity index (χ3n) is 5.50. The second-order valence-corrected chi connectivity index (χ2v) is 9.19. The minimum Gasteiger partial charge on any atom is -0.479 e. The van der Waals surface area contributed by atoms with Gasteiger partial charge in [-0.15, -0.1) is 11.3 Å². The summed E-state index contributed by atoms with van der Waals surface area (Å²) in [5, 5.41) is 22.8. The Labute approximate surface area is 207 Å². The first-order valence-corrected chi connectivity index (χ1v) is 11.9. The Hall–Kier alpha value is -4.23. The molecule has 0 saturated heterocycles. The quantitative estimate of drug-likeness (QED) is 0.185. The van der Waals surface area contributed by atoms with Crippen molar-refractivity contribution in [1.29, 1.82) is 5.41 Å². The number of amidine groups is 1. The number of hydrogen-bond acceptors (Lipinski definition) is 4. The van der Waals surface area contributed by atoms with Crippen LogP contribution in [0, 0.1) is 5.41 Å². The van der Waals surface area contributed by atoms with Crippen LogP contribution < -0.4 is 10.6 Å². The van der Waals surface area contributed by atoms with Crippen LogP contribution >= 0.6 is 11.3 Å². The molecule has 7 heteroatoms. The highest BCUT2D eigenvalue weighted by Crippen LogP contribution is 2.36. The summed E-state index contributed by atoms with van der Waals surface area (Å²) in [6, 6.07) is 29.3. The summed E-state index contributed by atoms with van der Waals surface area (Å²) in [5.41, 5.74) is 3.35. The lowest BCUT2D eigenvalue weighted by Crippen LogP contribution is -2.33. The van der Waals surface area contributed by atoms with Gasteiger partial charge in [0.1, 0.15) is 0 Å². The second kappa shape index (κ2) is 10.8. The van der Waals surface area contributed by atoms with Gasteiger partial charge in [-0.3, -0.25) is 10.2 Å². The maximum atomic E-state index is 13.0. The Morgan fingerprint density at radius 2 is 1.37 bits per heavy atom. The number of carboxylic acids is 1. The molecule has 0 aliphatic heterocycles. The van der Waals surface area contributed by atoms with Gasteiger partial charge in [0.05, 0.1) is 10.7 Å². The van der Waals surface area contributed by atoms with Crippen molar-refractivity contribution < 1.29 is 14.7 Å². The number of aliphatic carboxylic acids is 1. The van der Waals surface area contributed by atoms with Crippen molar-refractivity contribution in [2.75, 3.05) is 5.32 Å². The summed E-state index contributed by atoms with van der Waals surface area (Å²) in [4.78, 5) is 26.4. The number of nitrogens with one attached hydrogen (secondary N) is 3. The third-order valence-corrected chi connectivity index (χ3v) is 6.65. The van der Waals surface area contributed by atoms with Gasteiger partial charge in [0.2, 0.25) is 0 Å². The lowest BCUT2D eigenvalue weighted by atomic mass is 9.90. The van der Waals surface area contributed by atoms with Crippen LogP contribution in [0.25, 0.3) is 0 Å². The third kappa shape index (κ3) is 5.83. The van der Waals surface area contributed by atoms with Gasteiger partial charge in [-0.05, 0) is 47.9 Å². The van der Waals surface area contributed by atoms with Crippen LogP contribution in [0.5, 0.6) is 0 Å². The van der Waals surface area contributed by atoms with Crippen molar-refractivity contribution in [1.82, 2.24) is 5.32 Å². The molecule has 1 aromatic heterocycles. The Morgan fingerprint density at radius 1 is 0.800 bits per heavy atom. The van der Waals surface area contributed by atoms with Crippen LogP contribution in [-0.2, 0) is 4.79 Å². The molecule has 0 saturated carbocycles. The monoisotopic (exact) mass is 483 g/mol. The number of anilines is 1. The van der Waals surface area contributed by atoms with E-state index in [2.05, 4.69) is 34.9 Å². The van der Waals surface area contributed by atoms with Gasteiger partial charge in [-0.1, -0.05) is 72.8 Å². The Balaban J connectivity index is 1.57. The first-order chi connectivity index (χ1) is 16.9. The van der Waals surface area contributed by atoms with E-state index in [1.165, 1.54) is 11.3 Å². The zero-order chi connectivity index (χ0) is 24.8. The van der Waals surface area contributed by atoms with Gasteiger partial charge in [0, 0.05) is 16.5 Å². The van der Waals surface area contributed by atoms with E-state index in [-0.39, 0.29) is 11.8 Å². The lowest BCUT2D eigenvalue weighted by Gasteiger charge is -2.17. The van der Waals surface area contributed by atoms with E-state index in [1.54, 1.807) is 37.3 Å². The van der Waals surface area contributed by atoms with E-state index < -0.39 is 17.9 Å². The molecular formula is C28H25N3O3S. The molecule has 4 rings (SSSR count). The number of hydrogen-bond donors (Lipinski definition) is 4. The van der Waals surface area contributed by atoms with E-state index in [0.717, 1.165) is 16.0 Å². The van der Waals surface area contributed by atoms with Crippen LogP contribution in [0.3, 0.4) is 0 Å². The van der Waals surface area contributed by atoms with E-state index in [9.17, 15) is 14.7 Å². The fraction of sp³-hybridized carbons (Fsp3) is 0.107. The number of amides is 1. The first-order valence-electron chi connectivity index (χ1n) is 11.1. The van der Waals surface area contributed by atoms with Crippen LogP contribution in [0.4, 0.5) is 5.69 Å². The molecule has 0 unspecified atom stereocenters. The average Bonchev–Trinajstić information content (AvgIpc) is 3.34. The highest BCUT2D eigenvalue weighted by atomic mass is 32.1. The van der Waals surface area contributed by atoms with Crippen LogP contribution in [0.2, 0.25) is 0 Å². The van der Waals surface area contributed by atoms with Gasteiger partial charge in [-0.25, -0.2) is 4.79 Å². The zero-order valence-electron chi connectivity index (χ0n) is 19.1. The molecule has 0 radical (unpaired) electrons. The lowest BCUT2D eigenvalue weighted by molar-refractivity contribution is -0.139. The van der Waals surface area contributed by atoms with Gasteiger partial charge < -0.3 is 15.7 Å². The molecule has 1 atom stereocenters. The molecule has 0 fully saturated rings.